The second kappa shape index (κ2) is 16.2. The average molecular weight is 475 g/mol. The smallest absolute Gasteiger partial charge is 0.270 e. The summed E-state index contributed by atoms with van der Waals surface area (Å²) >= 11 is 0. The minimum Gasteiger partial charge on any atom is -0.398 e. The van der Waals surface area contributed by atoms with Gasteiger partial charge in [0.1, 0.15) is 6.29 Å². The van der Waals surface area contributed by atoms with Crippen molar-refractivity contribution in [1.82, 2.24) is 15.6 Å². The minimum absolute atomic E-state index is 0.0610. The molecular formula is C24H38N6O4. The second-order valence-corrected chi connectivity index (χ2v) is 8.19. The Balaban J connectivity index is 2.49. The second-order valence-electron chi connectivity index (χ2n) is 8.19. The van der Waals surface area contributed by atoms with Crippen LogP contribution in [0.3, 0.4) is 0 Å². The van der Waals surface area contributed by atoms with Crippen molar-refractivity contribution in [1.29, 1.82) is 0 Å². The molecular weight excluding hydrogens is 436 g/mol. The van der Waals surface area contributed by atoms with Gasteiger partial charge in [0.25, 0.3) is 5.91 Å². The first-order chi connectivity index (χ1) is 16.3. The molecule has 0 saturated carbocycles. The summed E-state index contributed by atoms with van der Waals surface area (Å²) in [6, 6.07) is 4.54. The zero-order valence-corrected chi connectivity index (χ0v) is 20.0. The number of unbranched alkanes of at least 4 members (excludes halogenated alkanes) is 5. The molecule has 0 radical (unpaired) electrons. The molecule has 0 aliphatic heterocycles. The van der Waals surface area contributed by atoms with Gasteiger partial charge in [0.15, 0.2) is 0 Å². The number of nitrogens with two attached hydrogens (primary N) is 2. The molecule has 1 aromatic rings. The first kappa shape index (κ1) is 28.6. The highest BCUT2D eigenvalue weighted by Gasteiger charge is 2.21. The van der Waals surface area contributed by atoms with E-state index in [0.717, 1.165) is 43.4 Å². The molecule has 0 aliphatic rings. The summed E-state index contributed by atoms with van der Waals surface area (Å²) in [7, 11) is 0. The van der Waals surface area contributed by atoms with Crippen LogP contribution in [0.5, 0.6) is 0 Å². The van der Waals surface area contributed by atoms with Gasteiger partial charge in [0.2, 0.25) is 12.3 Å². The van der Waals surface area contributed by atoms with Gasteiger partial charge in [-0.3, -0.25) is 19.4 Å². The molecule has 0 spiro atoms. The fourth-order valence-corrected chi connectivity index (χ4v) is 3.22. The number of allylic oxidation sites excluding steroid dienone is 1. The zero-order chi connectivity index (χ0) is 25.3. The summed E-state index contributed by atoms with van der Waals surface area (Å²) in [6.45, 7) is 6.17. The van der Waals surface area contributed by atoms with Gasteiger partial charge >= 0.3 is 0 Å². The molecule has 0 fully saturated rings. The molecule has 1 atom stereocenters. The lowest BCUT2D eigenvalue weighted by molar-refractivity contribution is -0.119. The van der Waals surface area contributed by atoms with Gasteiger partial charge < -0.3 is 26.5 Å². The summed E-state index contributed by atoms with van der Waals surface area (Å²) in [6.07, 6.45) is 7.98. The van der Waals surface area contributed by atoms with Crippen LogP contribution >= 0.6 is 0 Å². The number of hydrazine groups is 1. The maximum absolute atomic E-state index is 12.9. The Hall–Kier alpha value is -3.40. The molecule has 1 rings (SSSR count). The van der Waals surface area contributed by atoms with Gasteiger partial charge in [0.05, 0.1) is 12.1 Å². The number of anilines is 2. The number of nitrogens with one attached hydrogen (secondary N) is 3. The van der Waals surface area contributed by atoms with Crippen molar-refractivity contribution in [2.24, 2.45) is 5.84 Å². The molecule has 0 saturated heterocycles. The van der Waals surface area contributed by atoms with Crippen molar-refractivity contribution >= 4 is 35.9 Å². The van der Waals surface area contributed by atoms with Crippen LogP contribution in [0.25, 0.3) is 0 Å². The van der Waals surface area contributed by atoms with Crippen LogP contribution in [0.15, 0.2) is 30.5 Å². The summed E-state index contributed by atoms with van der Waals surface area (Å²) < 4.78 is 0. The van der Waals surface area contributed by atoms with Crippen LogP contribution in [-0.2, 0) is 14.4 Å². The number of carbonyl (C=O) groups excluding carboxylic acids is 4. The summed E-state index contributed by atoms with van der Waals surface area (Å²) in [5, 5.41) is 9.44. The quantitative estimate of drug-likeness (QED) is 0.0544. The summed E-state index contributed by atoms with van der Waals surface area (Å²) in [5.41, 5.74) is 7.62. The van der Waals surface area contributed by atoms with E-state index >= 15 is 0 Å². The Labute approximate surface area is 201 Å². The van der Waals surface area contributed by atoms with E-state index in [9.17, 15) is 19.2 Å². The van der Waals surface area contributed by atoms with E-state index < -0.39 is 5.91 Å². The highest BCUT2D eigenvalue weighted by Crippen LogP contribution is 2.20. The molecule has 0 aliphatic carbocycles. The number of rotatable bonds is 18. The Morgan fingerprint density at radius 2 is 1.85 bits per heavy atom. The minimum atomic E-state index is -0.444. The van der Waals surface area contributed by atoms with Crippen LogP contribution in [0.1, 0.15) is 68.6 Å². The summed E-state index contributed by atoms with van der Waals surface area (Å²) in [5.74, 6) is 5.42. The number of nitrogen functional groups attached to an aromatic ring is 1. The third-order valence-electron chi connectivity index (χ3n) is 5.39. The highest BCUT2D eigenvalue weighted by atomic mass is 16.2. The third kappa shape index (κ3) is 11.0. The predicted octanol–water partition coefficient (Wildman–Crippen LogP) is 2.08. The van der Waals surface area contributed by atoms with Crippen LogP contribution < -0.4 is 27.5 Å². The van der Waals surface area contributed by atoms with E-state index in [4.69, 9.17) is 11.6 Å². The third-order valence-corrected chi connectivity index (χ3v) is 5.39. The number of aldehydes is 1. The van der Waals surface area contributed by atoms with Gasteiger partial charge in [-0.25, -0.2) is 5.84 Å². The molecule has 10 heteroatoms. The van der Waals surface area contributed by atoms with Crippen molar-refractivity contribution in [3.05, 3.63) is 36.0 Å². The van der Waals surface area contributed by atoms with Crippen molar-refractivity contribution < 1.29 is 19.2 Å². The average Bonchev–Trinajstić information content (AvgIpc) is 2.82. The van der Waals surface area contributed by atoms with E-state index in [-0.39, 0.29) is 29.7 Å². The van der Waals surface area contributed by atoms with Crippen LogP contribution in [0, 0.1) is 0 Å². The Morgan fingerprint density at radius 3 is 2.56 bits per heavy atom. The monoisotopic (exact) mass is 474 g/mol. The van der Waals surface area contributed by atoms with Crippen molar-refractivity contribution in [2.75, 3.05) is 24.1 Å². The van der Waals surface area contributed by atoms with E-state index in [2.05, 4.69) is 22.5 Å². The Morgan fingerprint density at radius 1 is 1.15 bits per heavy atom. The normalized spacial score (nSPS) is 11.2. The van der Waals surface area contributed by atoms with Gasteiger partial charge in [0, 0.05) is 36.1 Å². The molecule has 34 heavy (non-hydrogen) atoms. The topological polar surface area (TPSA) is 160 Å². The van der Waals surface area contributed by atoms with Crippen molar-refractivity contribution in [3.8, 4) is 0 Å². The number of hydrogen-bond donors (Lipinski definition) is 5. The van der Waals surface area contributed by atoms with Gasteiger partial charge in [-0.1, -0.05) is 25.8 Å². The SMILES string of the molecule is C=C(CCC(C)N(N)C(=O)c1cc(NCC(=O)NCCCCCCCC=O)ccc1N)NC=O. The molecule has 10 nitrogen and oxygen atoms in total. The van der Waals surface area contributed by atoms with E-state index in [1.807, 2.05) is 0 Å². The fourth-order valence-electron chi connectivity index (χ4n) is 3.22. The number of benzene rings is 1. The van der Waals surface area contributed by atoms with Crippen molar-refractivity contribution in [3.63, 3.8) is 0 Å². The van der Waals surface area contributed by atoms with Crippen LogP contribution in [0.2, 0.25) is 0 Å². The molecule has 7 N–H and O–H groups in total. The molecule has 188 valence electrons. The Bertz CT molecular complexity index is 830. The maximum atomic E-state index is 12.9. The first-order valence-corrected chi connectivity index (χ1v) is 11.6. The van der Waals surface area contributed by atoms with E-state index in [1.54, 1.807) is 25.1 Å². The Kier molecular flexibility index (Phi) is 13.7. The number of nitrogens with zero attached hydrogens (tertiary/aromatic N) is 1. The van der Waals surface area contributed by atoms with E-state index in [0.29, 0.717) is 43.6 Å². The van der Waals surface area contributed by atoms with Crippen LogP contribution in [0.4, 0.5) is 11.4 Å². The van der Waals surface area contributed by atoms with E-state index in [1.165, 1.54) is 0 Å². The number of carbonyl (C=O) groups is 4. The molecule has 0 bridgehead atoms. The largest absolute Gasteiger partial charge is 0.398 e. The number of hydrogen-bond acceptors (Lipinski definition) is 7. The number of amides is 3. The zero-order valence-electron chi connectivity index (χ0n) is 20.0. The molecule has 3 amide bonds. The lowest BCUT2D eigenvalue weighted by Crippen LogP contribution is -2.44. The van der Waals surface area contributed by atoms with Gasteiger partial charge in [-0.15, -0.1) is 0 Å². The lowest BCUT2D eigenvalue weighted by Gasteiger charge is -2.25. The molecule has 1 unspecified atom stereocenters. The summed E-state index contributed by atoms with van der Waals surface area (Å²) in [4.78, 5) is 45.7. The first-order valence-electron chi connectivity index (χ1n) is 11.6. The fraction of sp³-hybridized carbons (Fsp3) is 0.500. The standard InChI is InChI=1S/C24H38N6O4/c1-18(29-17-32)9-10-19(2)30(26)24(34)21-15-20(11-12-22(21)25)28-16-23(33)27-13-7-5-3-4-6-8-14-31/h11-12,14-15,17,19,28H,1,3-10,13,16,25-26H2,2H3,(H,27,33)(H,29,32). The van der Waals surface area contributed by atoms with Gasteiger partial charge in [-0.05, 0) is 50.8 Å². The van der Waals surface area contributed by atoms with Crippen molar-refractivity contribution in [2.45, 2.75) is 64.3 Å². The molecule has 0 aromatic heterocycles. The molecule has 1 aromatic carbocycles. The predicted molar refractivity (Wildman–Crippen MR) is 134 cm³/mol. The highest BCUT2D eigenvalue weighted by molar-refractivity contribution is 6.00. The molecule has 0 heterocycles. The van der Waals surface area contributed by atoms with Crippen LogP contribution in [-0.4, -0.2) is 48.7 Å². The van der Waals surface area contributed by atoms with Gasteiger partial charge in [-0.2, -0.15) is 0 Å². The lowest BCUT2D eigenvalue weighted by atomic mass is 10.1. The maximum Gasteiger partial charge on any atom is 0.270 e.